The molecule has 7 nitrogen and oxygen atoms in total. The lowest BCUT2D eigenvalue weighted by Gasteiger charge is -2.32. The summed E-state index contributed by atoms with van der Waals surface area (Å²) in [5.74, 6) is 0.845. The van der Waals surface area contributed by atoms with Gasteiger partial charge in [-0.3, -0.25) is 4.79 Å². The Balaban J connectivity index is 1.42. The Bertz CT molecular complexity index is 1070. The zero-order chi connectivity index (χ0) is 22.0. The third-order valence-corrected chi connectivity index (χ3v) is 6.15. The summed E-state index contributed by atoms with van der Waals surface area (Å²) in [4.78, 5) is 30.1. The van der Waals surface area contributed by atoms with E-state index in [0.29, 0.717) is 41.6 Å². The summed E-state index contributed by atoms with van der Waals surface area (Å²) < 4.78 is 10.9. The van der Waals surface area contributed by atoms with E-state index in [4.69, 9.17) is 14.2 Å². The zero-order valence-electron chi connectivity index (χ0n) is 17.8. The van der Waals surface area contributed by atoms with Gasteiger partial charge < -0.3 is 14.2 Å². The fraction of sp³-hybridized carbons (Fsp3) is 0.391. The number of rotatable bonds is 4. The molecule has 0 aliphatic carbocycles. The van der Waals surface area contributed by atoms with E-state index >= 15 is 0 Å². The number of carbonyl (C=O) groups excluding carboxylic acids is 2. The van der Waals surface area contributed by atoms with Gasteiger partial charge in [0, 0.05) is 41.6 Å². The van der Waals surface area contributed by atoms with Crippen molar-refractivity contribution in [3.63, 3.8) is 0 Å². The second-order valence-electron chi connectivity index (χ2n) is 8.59. The Morgan fingerprint density at radius 3 is 2.68 bits per heavy atom. The van der Waals surface area contributed by atoms with Crippen molar-refractivity contribution in [1.29, 1.82) is 0 Å². The molecule has 8 heteroatoms. The summed E-state index contributed by atoms with van der Waals surface area (Å²) in [7, 11) is 0. The van der Waals surface area contributed by atoms with Gasteiger partial charge in [0.2, 0.25) is 0 Å². The molecule has 162 valence electrons. The highest BCUT2D eigenvalue weighted by Gasteiger charge is 2.29. The number of aldehydes is 1. The van der Waals surface area contributed by atoms with Gasteiger partial charge in [0.25, 0.3) is 0 Å². The van der Waals surface area contributed by atoms with E-state index in [1.165, 1.54) is 0 Å². The quantitative estimate of drug-likeness (QED) is 0.507. The van der Waals surface area contributed by atoms with Crippen LogP contribution in [0.3, 0.4) is 0 Å². The highest BCUT2D eigenvalue weighted by atomic mass is 32.1. The Morgan fingerprint density at radius 2 is 1.97 bits per heavy atom. The van der Waals surface area contributed by atoms with Crippen molar-refractivity contribution >= 4 is 23.7 Å². The summed E-state index contributed by atoms with van der Waals surface area (Å²) >= 11 is 1.60. The third kappa shape index (κ3) is 4.85. The summed E-state index contributed by atoms with van der Waals surface area (Å²) in [6.45, 7) is 6.95. The molecule has 0 saturated carbocycles. The lowest BCUT2D eigenvalue weighted by molar-refractivity contribution is 0.0204. The van der Waals surface area contributed by atoms with Crippen molar-refractivity contribution in [2.75, 3.05) is 13.1 Å². The van der Waals surface area contributed by atoms with Crippen molar-refractivity contribution < 1.29 is 18.8 Å². The Morgan fingerprint density at radius 1 is 1.23 bits per heavy atom. The highest BCUT2D eigenvalue weighted by molar-refractivity contribution is 7.10. The SMILES string of the molecule is CC(C)(C)OC(=O)N1CCC(c2nc(-c3cc(-c4ccccc4C=O)on3)cs2)CC1. The number of aromatic nitrogens is 2. The van der Waals surface area contributed by atoms with Crippen LogP contribution in [0.5, 0.6) is 0 Å². The fourth-order valence-electron chi connectivity index (χ4n) is 3.58. The van der Waals surface area contributed by atoms with Crippen molar-refractivity contribution in [2.45, 2.75) is 45.1 Å². The van der Waals surface area contributed by atoms with Crippen LogP contribution in [0, 0.1) is 0 Å². The summed E-state index contributed by atoms with van der Waals surface area (Å²) in [6, 6.07) is 9.06. The van der Waals surface area contributed by atoms with Crippen LogP contribution in [0.25, 0.3) is 22.7 Å². The van der Waals surface area contributed by atoms with Crippen molar-refractivity contribution in [3.05, 3.63) is 46.3 Å². The molecular weight excluding hydrogens is 414 g/mol. The number of hydrogen-bond donors (Lipinski definition) is 0. The molecule has 1 fully saturated rings. The van der Waals surface area contributed by atoms with Crippen molar-refractivity contribution in [2.24, 2.45) is 0 Å². The number of hydrogen-bond acceptors (Lipinski definition) is 7. The Labute approximate surface area is 185 Å². The third-order valence-electron chi connectivity index (χ3n) is 5.14. The van der Waals surface area contributed by atoms with Crippen LogP contribution in [0.4, 0.5) is 4.79 Å². The first-order chi connectivity index (χ1) is 14.8. The molecular formula is C23H25N3O4S. The number of thiazole rings is 1. The van der Waals surface area contributed by atoms with E-state index in [2.05, 4.69) is 5.16 Å². The first-order valence-electron chi connectivity index (χ1n) is 10.3. The Kier molecular flexibility index (Phi) is 5.91. The number of piperidine rings is 1. The van der Waals surface area contributed by atoms with Crippen LogP contribution in [0.2, 0.25) is 0 Å². The van der Waals surface area contributed by atoms with Gasteiger partial charge in [0.15, 0.2) is 12.0 Å². The lowest BCUT2D eigenvalue weighted by atomic mass is 9.98. The van der Waals surface area contributed by atoms with E-state index in [0.717, 1.165) is 29.8 Å². The first-order valence-corrected chi connectivity index (χ1v) is 11.2. The van der Waals surface area contributed by atoms with E-state index in [9.17, 15) is 9.59 Å². The molecule has 0 bridgehead atoms. The molecule has 31 heavy (non-hydrogen) atoms. The number of benzene rings is 1. The fourth-order valence-corrected chi connectivity index (χ4v) is 4.56. The second kappa shape index (κ2) is 8.63. The molecule has 0 spiro atoms. The molecule has 0 radical (unpaired) electrons. The van der Waals surface area contributed by atoms with Gasteiger partial charge in [-0.2, -0.15) is 0 Å². The van der Waals surface area contributed by atoms with Crippen molar-refractivity contribution in [1.82, 2.24) is 15.0 Å². The number of ether oxygens (including phenoxy) is 1. The van der Waals surface area contributed by atoms with E-state index < -0.39 is 5.60 Å². The predicted octanol–water partition coefficient (Wildman–Crippen LogP) is 5.39. The minimum Gasteiger partial charge on any atom is -0.444 e. The van der Waals surface area contributed by atoms with Crippen LogP contribution in [0.1, 0.15) is 54.9 Å². The van der Waals surface area contributed by atoms with Crippen LogP contribution in [-0.2, 0) is 4.74 Å². The molecule has 1 aliphatic rings. The second-order valence-corrected chi connectivity index (χ2v) is 9.48. The average Bonchev–Trinajstić information content (AvgIpc) is 3.42. The zero-order valence-corrected chi connectivity index (χ0v) is 18.6. The maximum atomic E-state index is 12.3. The van der Waals surface area contributed by atoms with Gasteiger partial charge in [-0.15, -0.1) is 11.3 Å². The smallest absolute Gasteiger partial charge is 0.410 e. The predicted molar refractivity (Wildman–Crippen MR) is 118 cm³/mol. The molecule has 0 N–H and O–H groups in total. The largest absolute Gasteiger partial charge is 0.444 e. The maximum absolute atomic E-state index is 12.3. The average molecular weight is 440 g/mol. The molecule has 0 atom stereocenters. The van der Waals surface area contributed by atoms with E-state index in [1.807, 2.05) is 50.4 Å². The normalized spacial score (nSPS) is 15.1. The summed E-state index contributed by atoms with van der Waals surface area (Å²) in [5, 5.41) is 7.16. The molecule has 3 aromatic rings. The number of likely N-dealkylation sites (tertiary alicyclic amines) is 1. The molecule has 0 unspecified atom stereocenters. The van der Waals surface area contributed by atoms with Gasteiger partial charge in [-0.05, 0) is 33.6 Å². The van der Waals surface area contributed by atoms with Crippen molar-refractivity contribution in [3.8, 4) is 22.7 Å². The molecule has 1 saturated heterocycles. The van der Waals surface area contributed by atoms with Crippen LogP contribution >= 0.6 is 11.3 Å². The molecule has 3 heterocycles. The first kappa shape index (κ1) is 21.2. The van der Waals surface area contributed by atoms with Gasteiger partial charge in [-0.25, -0.2) is 9.78 Å². The molecule has 1 amide bonds. The van der Waals surface area contributed by atoms with E-state index in [1.54, 1.807) is 22.3 Å². The molecule has 4 rings (SSSR count). The lowest BCUT2D eigenvalue weighted by Crippen LogP contribution is -2.41. The molecule has 1 aromatic carbocycles. The van der Waals surface area contributed by atoms with Crippen LogP contribution in [0.15, 0.2) is 40.2 Å². The van der Waals surface area contributed by atoms with Crippen LogP contribution < -0.4 is 0 Å². The van der Waals surface area contributed by atoms with Gasteiger partial charge in [-0.1, -0.05) is 29.4 Å². The molecule has 2 aromatic heterocycles. The van der Waals surface area contributed by atoms with Gasteiger partial charge in [0.1, 0.15) is 17.0 Å². The van der Waals surface area contributed by atoms with Crippen LogP contribution in [-0.4, -0.2) is 46.1 Å². The minimum absolute atomic E-state index is 0.253. The number of nitrogens with zero attached hydrogens (tertiary/aromatic N) is 3. The summed E-state index contributed by atoms with van der Waals surface area (Å²) in [6.07, 6.45) is 2.25. The minimum atomic E-state index is -0.485. The molecule has 1 aliphatic heterocycles. The monoisotopic (exact) mass is 439 g/mol. The Hall–Kier alpha value is -3.00. The maximum Gasteiger partial charge on any atom is 0.410 e. The standard InChI is InChI=1S/C23H25N3O4S/c1-23(2,3)29-22(28)26-10-8-15(9-11-26)21-24-19(14-31-21)18-12-20(30-25-18)17-7-5-4-6-16(17)13-27/h4-7,12-15H,8-11H2,1-3H3. The van der Waals surface area contributed by atoms with Gasteiger partial charge >= 0.3 is 6.09 Å². The summed E-state index contributed by atoms with van der Waals surface area (Å²) in [5.41, 5.74) is 2.18. The van der Waals surface area contributed by atoms with Gasteiger partial charge in [0.05, 0.1) is 5.01 Å². The topological polar surface area (TPSA) is 85.5 Å². The van der Waals surface area contributed by atoms with E-state index in [-0.39, 0.29) is 6.09 Å². The number of amides is 1. The highest BCUT2D eigenvalue weighted by Crippen LogP contribution is 2.34. The number of carbonyl (C=O) groups is 2.